The topological polar surface area (TPSA) is 105 Å². The van der Waals surface area contributed by atoms with Crippen LogP contribution >= 0.6 is 0 Å². The molecular weight excluding hydrogens is 663 g/mol. The molecule has 2 aromatic carbocycles. The molecule has 1 N–H and O–H groups in total. The average molecular weight is 706 g/mol. The van der Waals surface area contributed by atoms with Crippen LogP contribution in [0.15, 0.2) is 73.6 Å². The molecule has 6 heterocycles. The molecule has 0 radical (unpaired) electrons. The van der Waals surface area contributed by atoms with Crippen molar-refractivity contribution in [2.75, 3.05) is 33.4 Å². The highest BCUT2D eigenvalue weighted by Gasteiger charge is 2.31. The van der Waals surface area contributed by atoms with Gasteiger partial charge in [0.1, 0.15) is 11.5 Å². The lowest BCUT2D eigenvalue weighted by Gasteiger charge is -2.30. The molecule has 3 aromatic heterocycles. The summed E-state index contributed by atoms with van der Waals surface area (Å²) >= 11 is 0. The van der Waals surface area contributed by atoms with Crippen molar-refractivity contribution in [2.45, 2.75) is 58.2 Å². The Labute approximate surface area is 309 Å². The molecule has 0 spiro atoms. The first-order valence-electron chi connectivity index (χ1n) is 18.4. The van der Waals surface area contributed by atoms with Gasteiger partial charge in [-0.25, -0.2) is 4.98 Å². The van der Waals surface area contributed by atoms with Gasteiger partial charge in [-0.1, -0.05) is 48.8 Å². The number of unbranched alkanes of at least 4 members (excludes halogenated alkanes) is 1. The molecule has 53 heavy (non-hydrogen) atoms. The highest BCUT2D eigenvalue weighted by Crippen LogP contribution is 2.38. The summed E-state index contributed by atoms with van der Waals surface area (Å²) in [7, 11) is 2.05. The number of hydrogen-bond acceptors (Lipinski definition) is 7. The summed E-state index contributed by atoms with van der Waals surface area (Å²) in [6.45, 7) is 10.6. The fourth-order valence-corrected chi connectivity index (χ4v) is 7.67. The van der Waals surface area contributed by atoms with E-state index in [1.54, 1.807) is 19.2 Å². The zero-order chi connectivity index (χ0) is 36.5. The van der Waals surface area contributed by atoms with Crippen LogP contribution in [0.1, 0.15) is 77.2 Å². The first-order valence-corrected chi connectivity index (χ1v) is 18.4. The van der Waals surface area contributed by atoms with Crippen molar-refractivity contribution < 1.29 is 14.3 Å². The SMILES string of the molecule is C=C1c2cccc(C#CCCCNC(=O)c3ccc(-c4cc5cccc(-c6nc(C7CCOCC7)n7c6CN(C(C)=O)CC7)c5cn4)cn3)c2CN1C. The third kappa shape index (κ3) is 6.80. The Morgan fingerprint density at radius 1 is 1.00 bits per heavy atom. The molecule has 3 aliphatic heterocycles. The van der Waals surface area contributed by atoms with E-state index in [9.17, 15) is 9.59 Å². The maximum absolute atomic E-state index is 12.9. The Kier molecular flexibility index (Phi) is 9.50. The quantitative estimate of drug-likeness (QED) is 0.155. The number of nitrogens with zero attached hydrogens (tertiary/aromatic N) is 6. The highest BCUT2D eigenvalue weighted by molar-refractivity contribution is 5.97. The molecule has 10 heteroatoms. The second-order valence-corrected chi connectivity index (χ2v) is 14.1. The molecule has 0 unspecified atom stereocenters. The summed E-state index contributed by atoms with van der Waals surface area (Å²) in [5.74, 6) is 7.87. The van der Waals surface area contributed by atoms with E-state index in [2.05, 4.69) is 68.5 Å². The second-order valence-electron chi connectivity index (χ2n) is 14.1. The lowest BCUT2D eigenvalue weighted by molar-refractivity contribution is -0.130. The third-order valence-electron chi connectivity index (χ3n) is 10.7. The number of carbonyl (C=O) groups is 2. The number of benzene rings is 2. The van der Waals surface area contributed by atoms with Crippen molar-refractivity contribution in [1.29, 1.82) is 0 Å². The molecule has 5 aromatic rings. The van der Waals surface area contributed by atoms with Gasteiger partial charge in [0.2, 0.25) is 5.91 Å². The fraction of sp³-hybridized carbons (Fsp3) is 0.326. The highest BCUT2D eigenvalue weighted by atomic mass is 16.5. The molecule has 3 aliphatic rings. The van der Waals surface area contributed by atoms with Crippen molar-refractivity contribution in [3.63, 3.8) is 0 Å². The van der Waals surface area contributed by atoms with Crippen LogP contribution in [0.4, 0.5) is 0 Å². The molecule has 1 fully saturated rings. The van der Waals surface area contributed by atoms with Gasteiger partial charge in [-0.2, -0.15) is 0 Å². The zero-order valence-electron chi connectivity index (χ0n) is 30.3. The Bertz CT molecular complexity index is 2290. The van der Waals surface area contributed by atoms with Crippen LogP contribution in [0.25, 0.3) is 39.0 Å². The van der Waals surface area contributed by atoms with E-state index in [1.807, 2.05) is 36.3 Å². The number of rotatable bonds is 7. The van der Waals surface area contributed by atoms with E-state index in [0.717, 1.165) is 102 Å². The minimum atomic E-state index is -0.213. The number of imidazole rings is 1. The first-order chi connectivity index (χ1) is 25.9. The minimum Gasteiger partial charge on any atom is -0.381 e. The molecule has 1 saturated heterocycles. The standard InChI is InChI=1S/C43H43N7O3/c1-28-34-12-7-10-30(37(34)26-48(28)3)9-5-4-6-18-44-43(52)38-15-14-33(24-45-38)39-23-32-11-8-13-35(36(32)25-46-39)41-40-27-49(29(2)51)19-20-50(40)42(47-41)31-16-21-53-22-17-31/h7-8,10-15,23-25,31H,1,4,6,16-22,26-27H2,2-3H3,(H,44,52). The number of carbonyl (C=O) groups excluding carboxylic acids is 2. The molecule has 268 valence electrons. The molecule has 0 aliphatic carbocycles. The second kappa shape index (κ2) is 14.7. The van der Waals surface area contributed by atoms with Gasteiger partial charge >= 0.3 is 0 Å². The van der Waals surface area contributed by atoms with Crippen LogP contribution < -0.4 is 5.32 Å². The molecule has 8 rings (SSSR count). The Morgan fingerprint density at radius 3 is 2.64 bits per heavy atom. The first kappa shape index (κ1) is 34.3. The lowest BCUT2D eigenvalue weighted by atomic mass is 9.99. The Morgan fingerprint density at radius 2 is 1.83 bits per heavy atom. The van der Waals surface area contributed by atoms with Crippen molar-refractivity contribution in [3.8, 4) is 34.4 Å². The smallest absolute Gasteiger partial charge is 0.269 e. The monoisotopic (exact) mass is 705 g/mol. The summed E-state index contributed by atoms with van der Waals surface area (Å²) in [5.41, 5.74) is 9.42. The number of fused-ring (bicyclic) bond motifs is 3. The van der Waals surface area contributed by atoms with Crippen LogP contribution in [0, 0.1) is 11.8 Å². The van der Waals surface area contributed by atoms with Crippen LogP contribution in [-0.2, 0) is 29.2 Å². The van der Waals surface area contributed by atoms with Gasteiger partial charge in [0, 0.05) is 111 Å². The molecule has 2 amide bonds. The van der Waals surface area contributed by atoms with Crippen molar-refractivity contribution in [3.05, 3.63) is 107 Å². The predicted octanol–water partition coefficient (Wildman–Crippen LogP) is 6.39. The van der Waals surface area contributed by atoms with Crippen molar-refractivity contribution in [1.82, 2.24) is 34.6 Å². The van der Waals surface area contributed by atoms with E-state index in [4.69, 9.17) is 14.7 Å². The van der Waals surface area contributed by atoms with Gasteiger partial charge in [-0.15, -0.1) is 0 Å². The number of aromatic nitrogens is 4. The summed E-state index contributed by atoms with van der Waals surface area (Å²) in [4.78, 5) is 43.9. The van der Waals surface area contributed by atoms with E-state index >= 15 is 0 Å². The number of amides is 2. The van der Waals surface area contributed by atoms with E-state index in [1.165, 1.54) is 11.1 Å². The summed E-state index contributed by atoms with van der Waals surface area (Å²) < 4.78 is 8.00. The molecular formula is C43H43N7O3. The Hall–Kier alpha value is -5.79. The van der Waals surface area contributed by atoms with Gasteiger partial charge in [-0.3, -0.25) is 19.6 Å². The Balaban J connectivity index is 0.943. The maximum Gasteiger partial charge on any atom is 0.269 e. The summed E-state index contributed by atoms with van der Waals surface area (Å²) in [5, 5.41) is 4.99. The van der Waals surface area contributed by atoms with E-state index < -0.39 is 0 Å². The minimum absolute atomic E-state index is 0.0742. The number of nitrogens with one attached hydrogen (secondary N) is 1. The average Bonchev–Trinajstić information content (AvgIpc) is 3.72. The van der Waals surface area contributed by atoms with Gasteiger partial charge < -0.3 is 24.4 Å². The van der Waals surface area contributed by atoms with Gasteiger partial charge in [-0.05, 0) is 54.5 Å². The predicted molar refractivity (Wildman–Crippen MR) is 205 cm³/mol. The third-order valence-corrected chi connectivity index (χ3v) is 10.7. The van der Waals surface area contributed by atoms with Crippen molar-refractivity contribution in [2.24, 2.45) is 0 Å². The zero-order valence-corrected chi connectivity index (χ0v) is 30.3. The molecule has 0 bridgehead atoms. The van der Waals surface area contributed by atoms with Crippen LogP contribution in [0.3, 0.4) is 0 Å². The normalized spacial score (nSPS) is 15.5. The van der Waals surface area contributed by atoms with Gasteiger partial charge in [0.15, 0.2) is 0 Å². The van der Waals surface area contributed by atoms with Crippen LogP contribution in [0.2, 0.25) is 0 Å². The molecule has 0 atom stereocenters. The number of pyridine rings is 2. The molecule has 0 saturated carbocycles. The fourth-order valence-electron chi connectivity index (χ4n) is 7.67. The van der Waals surface area contributed by atoms with E-state index in [-0.39, 0.29) is 11.8 Å². The maximum atomic E-state index is 12.9. The van der Waals surface area contributed by atoms with Gasteiger partial charge in [0.05, 0.1) is 23.6 Å². The largest absolute Gasteiger partial charge is 0.381 e. The van der Waals surface area contributed by atoms with Crippen molar-refractivity contribution >= 4 is 28.3 Å². The number of ether oxygens (including phenoxy) is 1. The summed E-state index contributed by atoms with van der Waals surface area (Å²) in [6.07, 6.45) is 6.92. The number of hydrogen-bond donors (Lipinski definition) is 1. The lowest BCUT2D eigenvalue weighted by Crippen LogP contribution is -2.37. The molecule has 10 nitrogen and oxygen atoms in total. The summed E-state index contributed by atoms with van der Waals surface area (Å²) in [6, 6.07) is 18.1. The van der Waals surface area contributed by atoms with Crippen LogP contribution in [-0.4, -0.2) is 74.5 Å². The van der Waals surface area contributed by atoms with E-state index in [0.29, 0.717) is 37.7 Å². The van der Waals surface area contributed by atoms with Crippen LogP contribution in [0.5, 0.6) is 0 Å². The van der Waals surface area contributed by atoms with Gasteiger partial charge in [0.25, 0.3) is 5.91 Å².